The number of amides is 1. The zero-order chi connectivity index (χ0) is 18.9. The van der Waals surface area contributed by atoms with Crippen LogP contribution in [0.15, 0.2) is 18.2 Å². The lowest BCUT2D eigenvalue weighted by Gasteiger charge is -2.18. The Kier molecular flexibility index (Phi) is 4.94. The quantitative estimate of drug-likeness (QED) is 0.806. The van der Waals surface area contributed by atoms with E-state index in [0.717, 1.165) is 5.56 Å². The third-order valence-corrected chi connectivity index (χ3v) is 4.43. The van der Waals surface area contributed by atoms with Crippen LogP contribution in [0.3, 0.4) is 0 Å². The molecule has 26 heavy (non-hydrogen) atoms. The van der Waals surface area contributed by atoms with E-state index in [-0.39, 0.29) is 26.4 Å². The maximum absolute atomic E-state index is 12.9. The minimum absolute atomic E-state index is 0.130. The Morgan fingerprint density at radius 2 is 1.96 bits per heavy atom. The molecule has 0 aliphatic carbocycles. The Hall–Kier alpha value is -2.49. The van der Waals surface area contributed by atoms with Crippen molar-refractivity contribution in [2.75, 3.05) is 26.4 Å². The lowest BCUT2D eigenvalue weighted by molar-refractivity contribution is -0.188. The molecule has 1 aromatic rings. The number of carbonyl (C=O) groups is 2. The number of aliphatic carboxylic acids is 1. The zero-order valence-corrected chi connectivity index (χ0v) is 13.6. The van der Waals surface area contributed by atoms with Gasteiger partial charge in [0.2, 0.25) is 12.7 Å². The van der Waals surface area contributed by atoms with E-state index in [1.54, 1.807) is 18.2 Å². The highest BCUT2D eigenvalue weighted by molar-refractivity contribution is 5.78. The SMILES string of the molecule is O=C(CN1C[C@@H](C(F)(F)F)[C@H](C(=O)O)C1)NCc1ccc2c(c1)OCO2. The standard InChI is InChI=1S/C16H17F3N2O5/c17-16(18,19)11-6-21(5-10(11)15(23)24)7-14(22)20-4-9-1-2-12-13(3-9)26-8-25-12/h1-3,10-11H,4-8H2,(H,20,22)(H,23,24)/t10-,11-/m1/s1. The third-order valence-electron chi connectivity index (χ3n) is 4.43. The van der Waals surface area contributed by atoms with Gasteiger partial charge in [0.25, 0.3) is 0 Å². The third kappa shape index (κ3) is 4.01. The number of fused-ring (bicyclic) bond motifs is 1. The molecule has 0 unspecified atom stereocenters. The van der Waals surface area contributed by atoms with Gasteiger partial charge in [-0.15, -0.1) is 0 Å². The number of alkyl halides is 3. The topological polar surface area (TPSA) is 88.1 Å². The average molecular weight is 374 g/mol. The summed E-state index contributed by atoms with van der Waals surface area (Å²) >= 11 is 0. The molecular weight excluding hydrogens is 357 g/mol. The molecule has 2 aliphatic heterocycles. The van der Waals surface area contributed by atoms with Crippen molar-refractivity contribution in [3.8, 4) is 11.5 Å². The van der Waals surface area contributed by atoms with Crippen LogP contribution >= 0.6 is 0 Å². The molecule has 0 saturated carbocycles. The highest BCUT2D eigenvalue weighted by atomic mass is 19.4. The van der Waals surface area contributed by atoms with Gasteiger partial charge in [0.05, 0.1) is 18.4 Å². The number of carboxylic acid groups (broad SMARTS) is 1. The van der Waals surface area contributed by atoms with Gasteiger partial charge in [-0.3, -0.25) is 14.5 Å². The Balaban J connectivity index is 1.53. The number of halogens is 3. The van der Waals surface area contributed by atoms with Crippen LogP contribution in [0.4, 0.5) is 13.2 Å². The molecular formula is C16H17F3N2O5. The van der Waals surface area contributed by atoms with Crippen LogP contribution in [0.2, 0.25) is 0 Å². The Bertz CT molecular complexity index is 710. The van der Waals surface area contributed by atoms with Crippen molar-refractivity contribution in [2.45, 2.75) is 12.7 Å². The lowest BCUT2D eigenvalue weighted by Crippen LogP contribution is -2.36. The smallest absolute Gasteiger partial charge is 0.393 e. The molecule has 10 heteroatoms. The van der Waals surface area contributed by atoms with Gasteiger partial charge in [-0.2, -0.15) is 13.2 Å². The van der Waals surface area contributed by atoms with Crippen molar-refractivity contribution < 1.29 is 37.3 Å². The first-order valence-electron chi connectivity index (χ1n) is 7.91. The number of ether oxygens (including phenoxy) is 2. The fourth-order valence-corrected chi connectivity index (χ4v) is 3.11. The largest absolute Gasteiger partial charge is 0.481 e. The molecule has 2 heterocycles. The molecule has 1 aromatic carbocycles. The lowest BCUT2D eigenvalue weighted by atomic mass is 9.96. The van der Waals surface area contributed by atoms with Crippen LogP contribution in [0.1, 0.15) is 5.56 Å². The molecule has 0 spiro atoms. The van der Waals surface area contributed by atoms with Crippen LogP contribution < -0.4 is 14.8 Å². The molecule has 0 radical (unpaired) electrons. The molecule has 2 atom stereocenters. The van der Waals surface area contributed by atoms with E-state index in [0.29, 0.717) is 11.5 Å². The zero-order valence-electron chi connectivity index (χ0n) is 13.6. The number of nitrogens with one attached hydrogen (secondary N) is 1. The molecule has 142 valence electrons. The predicted octanol–water partition coefficient (Wildman–Crippen LogP) is 1.23. The van der Waals surface area contributed by atoms with Crippen molar-refractivity contribution >= 4 is 11.9 Å². The summed E-state index contributed by atoms with van der Waals surface area (Å²) in [6, 6.07) is 5.15. The van der Waals surface area contributed by atoms with E-state index in [9.17, 15) is 22.8 Å². The number of rotatable bonds is 5. The van der Waals surface area contributed by atoms with E-state index in [1.807, 2.05) is 0 Å². The van der Waals surface area contributed by atoms with E-state index < -0.39 is 36.4 Å². The summed E-state index contributed by atoms with van der Waals surface area (Å²) in [5, 5.41) is 11.6. The summed E-state index contributed by atoms with van der Waals surface area (Å²) < 4.78 is 49.2. The number of carboxylic acids is 1. The van der Waals surface area contributed by atoms with Crippen molar-refractivity contribution in [1.29, 1.82) is 0 Å². The summed E-state index contributed by atoms with van der Waals surface area (Å²) in [5.74, 6) is -4.34. The number of likely N-dealkylation sites (tertiary alicyclic amines) is 1. The van der Waals surface area contributed by atoms with Crippen LogP contribution in [-0.2, 0) is 16.1 Å². The summed E-state index contributed by atoms with van der Waals surface area (Å²) in [5.41, 5.74) is 0.751. The van der Waals surface area contributed by atoms with Gasteiger partial charge < -0.3 is 19.9 Å². The normalized spacial score (nSPS) is 22.4. The van der Waals surface area contributed by atoms with Crippen molar-refractivity contribution in [1.82, 2.24) is 10.2 Å². The number of benzene rings is 1. The maximum atomic E-state index is 12.9. The van der Waals surface area contributed by atoms with Crippen LogP contribution in [0.25, 0.3) is 0 Å². The first kappa shape index (κ1) is 18.3. The van der Waals surface area contributed by atoms with E-state index in [1.165, 1.54) is 4.90 Å². The molecule has 1 amide bonds. The minimum Gasteiger partial charge on any atom is -0.481 e. The second-order valence-electron chi connectivity index (χ2n) is 6.25. The fourth-order valence-electron chi connectivity index (χ4n) is 3.11. The Morgan fingerprint density at radius 3 is 2.62 bits per heavy atom. The maximum Gasteiger partial charge on any atom is 0.393 e. The van der Waals surface area contributed by atoms with Crippen molar-refractivity contribution in [3.63, 3.8) is 0 Å². The summed E-state index contributed by atoms with van der Waals surface area (Å²) in [4.78, 5) is 24.3. The van der Waals surface area contributed by atoms with E-state index in [2.05, 4.69) is 5.32 Å². The van der Waals surface area contributed by atoms with E-state index >= 15 is 0 Å². The van der Waals surface area contributed by atoms with Crippen LogP contribution in [0.5, 0.6) is 11.5 Å². The van der Waals surface area contributed by atoms with Gasteiger partial charge in [-0.05, 0) is 17.7 Å². The number of hydrogen-bond donors (Lipinski definition) is 2. The van der Waals surface area contributed by atoms with Gasteiger partial charge >= 0.3 is 12.1 Å². The van der Waals surface area contributed by atoms with Gasteiger partial charge in [0.15, 0.2) is 11.5 Å². The summed E-state index contributed by atoms with van der Waals surface area (Å²) in [7, 11) is 0. The molecule has 3 rings (SSSR count). The number of hydrogen-bond acceptors (Lipinski definition) is 5. The first-order chi connectivity index (χ1) is 12.2. The second-order valence-corrected chi connectivity index (χ2v) is 6.25. The van der Waals surface area contributed by atoms with Crippen molar-refractivity contribution in [3.05, 3.63) is 23.8 Å². The average Bonchev–Trinajstić information content (AvgIpc) is 3.18. The molecule has 1 fully saturated rings. The molecule has 2 N–H and O–H groups in total. The van der Waals surface area contributed by atoms with Crippen LogP contribution in [0, 0.1) is 11.8 Å². The number of nitrogens with zero attached hydrogens (tertiary/aromatic N) is 1. The van der Waals surface area contributed by atoms with E-state index in [4.69, 9.17) is 14.6 Å². The highest BCUT2D eigenvalue weighted by Gasteiger charge is 2.52. The van der Waals surface area contributed by atoms with Gasteiger partial charge in [-0.1, -0.05) is 6.07 Å². The molecule has 7 nitrogen and oxygen atoms in total. The van der Waals surface area contributed by atoms with Crippen LogP contribution in [-0.4, -0.2) is 54.5 Å². The predicted molar refractivity (Wildman–Crippen MR) is 81.5 cm³/mol. The van der Waals surface area contributed by atoms with Crippen molar-refractivity contribution in [2.24, 2.45) is 11.8 Å². The molecule has 0 bridgehead atoms. The summed E-state index contributed by atoms with van der Waals surface area (Å²) in [6.07, 6.45) is -4.61. The molecule has 0 aromatic heterocycles. The first-order valence-corrected chi connectivity index (χ1v) is 7.91. The minimum atomic E-state index is -4.61. The molecule has 1 saturated heterocycles. The fraction of sp³-hybridized carbons (Fsp3) is 0.500. The highest BCUT2D eigenvalue weighted by Crippen LogP contribution is 2.37. The molecule has 2 aliphatic rings. The summed E-state index contributed by atoms with van der Waals surface area (Å²) in [6.45, 7) is -0.796. The van der Waals surface area contributed by atoms with Gasteiger partial charge in [0, 0.05) is 19.6 Å². The van der Waals surface area contributed by atoms with Gasteiger partial charge in [-0.25, -0.2) is 0 Å². The number of carbonyl (C=O) groups excluding carboxylic acids is 1. The second kappa shape index (κ2) is 7.02. The van der Waals surface area contributed by atoms with Gasteiger partial charge in [0.1, 0.15) is 0 Å². The Morgan fingerprint density at radius 1 is 1.23 bits per heavy atom. The monoisotopic (exact) mass is 374 g/mol. The Labute approximate surface area is 146 Å².